The number of benzene rings is 1. The van der Waals surface area contributed by atoms with Gasteiger partial charge in [0.15, 0.2) is 0 Å². The van der Waals surface area contributed by atoms with Crippen molar-refractivity contribution in [1.82, 2.24) is 5.32 Å². The van der Waals surface area contributed by atoms with E-state index in [9.17, 15) is 9.59 Å². The van der Waals surface area contributed by atoms with Crippen LogP contribution in [-0.4, -0.2) is 34.8 Å². The molecular weight excluding hydrogens is 474 g/mol. The maximum atomic E-state index is 12.7. The van der Waals surface area contributed by atoms with Crippen molar-refractivity contribution < 1.29 is 33.6 Å². The summed E-state index contributed by atoms with van der Waals surface area (Å²) in [4.78, 5) is 36.4. The van der Waals surface area contributed by atoms with Crippen molar-refractivity contribution in [3.05, 3.63) is 29.8 Å². The van der Waals surface area contributed by atoms with Crippen molar-refractivity contribution in [3.8, 4) is 5.75 Å². The van der Waals surface area contributed by atoms with Crippen LogP contribution in [0.2, 0.25) is 0 Å². The number of carbonyl (C=O) groups excluding carboxylic acids is 2. The molecule has 37 heavy (non-hydrogen) atoms. The molecule has 1 N–H and O–H groups in total. The zero-order valence-corrected chi connectivity index (χ0v) is 22.3. The summed E-state index contributed by atoms with van der Waals surface area (Å²) in [5.41, 5.74) is 0.406. The summed E-state index contributed by atoms with van der Waals surface area (Å²) in [5, 5.41) is 3.26. The van der Waals surface area contributed by atoms with E-state index in [0.29, 0.717) is 11.7 Å². The highest BCUT2D eigenvalue weighted by Gasteiger charge is 2.70. The van der Waals surface area contributed by atoms with Crippen LogP contribution in [0.4, 0.5) is 4.79 Å². The van der Waals surface area contributed by atoms with E-state index in [1.54, 1.807) is 0 Å². The van der Waals surface area contributed by atoms with Gasteiger partial charge in [-0.1, -0.05) is 12.1 Å². The molecule has 6 fully saturated rings. The molecule has 0 radical (unpaired) electrons. The van der Waals surface area contributed by atoms with E-state index in [-0.39, 0.29) is 35.4 Å². The van der Waals surface area contributed by atoms with Gasteiger partial charge in [0.25, 0.3) is 0 Å². The van der Waals surface area contributed by atoms with E-state index < -0.39 is 17.2 Å². The van der Waals surface area contributed by atoms with Crippen molar-refractivity contribution in [3.63, 3.8) is 0 Å². The summed E-state index contributed by atoms with van der Waals surface area (Å²) in [6.45, 7) is 7.08. The summed E-state index contributed by atoms with van der Waals surface area (Å²) < 4.78 is 17.8. The Bertz CT molecular complexity index is 1050. The molecule has 1 amide bonds. The van der Waals surface area contributed by atoms with Crippen LogP contribution in [-0.2, 0) is 24.0 Å². The fraction of sp³-hybridized carbons (Fsp3) is 0.724. The molecule has 8 heteroatoms. The standard InChI is InChI=1S/C29H39NO7/c1-18(31)33-24-9-7-20(8-10-24)21-6-5-11-28(15-21)35-29(37-36-28)22-12-19-13-23(29)17-27(14-19,16-22)30-25(32)34-26(2,3)4/h7-10,19,21-23H,5-6,11-17H2,1-4H3,(H,30,32)/t19?,21?,22?,23?,27?,28-,29?/m1/s1. The van der Waals surface area contributed by atoms with Gasteiger partial charge in [0.05, 0.1) is 0 Å². The molecule has 4 bridgehead atoms. The van der Waals surface area contributed by atoms with Gasteiger partial charge in [-0.15, -0.1) is 0 Å². The minimum atomic E-state index is -0.751. The Morgan fingerprint density at radius 3 is 2.35 bits per heavy atom. The number of hydrogen-bond donors (Lipinski definition) is 1. The van der Waals surface area contributed by atoms with E-state index in [4.69, 9.17) is 24.0 Å². The average Bonchev–Trinajstić information content (AvgIpc) is 3.15. The van der Waals surface area contributed by atoms with Crippen LogP contribution in [0, 0.1) is 17.8 Å². The second-order valence-electron chi connectivity index (χ2n) is 13.1. The summed E-state index contributed by atoms with van der Waals surface area (Å²) >= 11 is 0. The van der Waals surface area contributed by atoms with E-state index in [1.807, 2.05) is 45.0 Å². The number of esters is 1. The molecule has 8 nitrogen and oxygen atoms in total. The van der Waals surface area contributed by atoms with Gasteiger partial charge in [-0.2, -0.15) is 9.78 Å². The Labute approximate surface area is 218 Å². The van der Waals surface area contributed by atoms with Crippen LogP contribution in [0.5, 0.6) is 5.75 Å². The van der Waals surface area contributed by atoms with Gasteiger partial charge in [-0.25, -0.2) is 4.79 Å². The van der Waals surface area contributed by atoms with Crippen molar-refractivity contribution >= 4 is 12.1 Å². The number of alkyl carbamates (subject to hydrolysis) is 1. The highest BCUT2D eigenvalue weighted by molar-refractivity contribution is 5.69. The van der Waals surface area contributed by atoms with Gasteiger partial charge in [0, 0.05) is 37.1 Å². The first-order chi connectivity index (χ1) is 17.5. The van der Waals surface area contributed by atoms with Gasteiger partial charge in [0.2, 0.25) is 11.6 Å². The van der Waals surface area contributed by atoms with Gasteiger partial charge in [-0.3, -0.25) is 4.79 Å². The second-order valence-corrected chi connectivity index (χ2v) is 13.1. The number of rotatable bonds is 3. The van der Waals surface area contributed by atoms with Gasteiger partial charge < -0.3 is 19.5 Å². The molecule has 4 atom stereocenters. The maximum absolute atomic E-state index is 12.7. The molecule has 5 saturated carbocycles. The van der Waals surface area contributed by atoms with E-state index in [2.05, 4.69) is 5.32 Å². The van der Waals surface area contributed by atoms with Crippen molar-refractivity contribution in [2.45, 2.75) is 114 Å². The molecule has 1 aromatic rings. The van der Waals surface area contributed by atoms with Gasteiger partial charge in [0.1, 0.15) is 11.4 Å². The molecule has 2 spiro atoms. The Kier molecular flexibility index (Phi) is 5.90. The lowest BCUT2D eigenvalue weighted by atomic mass is 9.50. The molecule has 3 unspecified atom stereocenters. The Balaban J connectivity index is 1.16. The summed E-state index contributed by atoms with van der Waals surface area (Å²) in [5.74, 6) is -0.0749. The molecule has 0 aromatic heterocycles. The summed E-state index contributed by atoms with van der Waals surface area (Å²) in [6, 6.07) is 7.76. The highest BCUT2D eigenvalue weighted by atomic mass is 17.3. The quantitative estimate of drug-likeness (QED) is 0.313. The van der Waals surface area contributed by atoms with Crippen LogP contribution >= 0.6 is 0 Å². The topological polar surface area (TPSA) is 92.3 Å². The normalized spacial score (nSPS) is 40.2. The number of amides is 1. The predicted octanol–water partition coefficient (Wildman–Crippen LogP) is 5.74. The lowest BCUT2D eigenvalue weighted by Crippen LogP contribution is -2.69. The largest absolute Gasteiger partial charge is 0.444 e. The Hall–Kier alpha value is -2.16. The van der Waals surface area contributed by atoms with E-state index >= 15 is 0 Å². The van der Waals surface area contributed by atoms with E-state index in [1.165, 1.54) is 12.5 Å². The van der Waals surface area contributed by atoms with Crippen LogP contribution < -0.4 is 10.1 Å². The third-order valence-electron chi connectivity index (χ3n) is 9.04. The lowest BCUT2D eigenvalue weighted by molar-refractivity contribution is -0.391. The monoisotopic (exact) mass is 513 g/mol. The SMILES string of the molecule is CC(=O)Oc1ccc(C2CCC[C@]3(C2)OOC2(O3)C3CC4CC2CC(NC(=O)OC(C)(C)C)(C4)C3)cc1. The lowest BCUT2D eigenvalue weighted by Gasteiger charge is -2.62. The van der Waals surface area contributed by atoms with Gasteiger partial charge in [-0.05, 0) is 95.2 Å². The van der Waals surface area contributed by atoms with Crippen molar-refractivity contribution in [2.75, 3.05) is 0 Å². The fourth-order valence-corrected chi connectivity index (χ4v) is 7.99. The Morgan fingerprint density at radius 1 is 1.00 bits per heavy atom. The molecule has 202 valence electrons. The van der Waals surface area contributed by atoms with Crippen LogP contribution in [0.1, 0.15) is 97.0 Å². The summed E-state index contributed by atoms with van der Waals surface area (Å²) in [6.07, 6.45) is 7.94. The molecule has 5 aliphatic carbocycles. The smallest absolute Gasteiger partial charge is 0.408 e. The van der Waals surface area contributed by atoms with Crippen LogP contribution in [0.15, 0.2) is 24.3 Å². The maximum Gasteiger partial charge on any atom is 0.408 e. The molecule has 1 saturated heterocycles. The fourth-order valence-electron chi connectivity index (χ4n) is 7.99. The first-order valence-electron chi connectivity index (χ1n) is 13.8. The molecule has 1 aromatic carbocycles. The number of hydrogen-bond acceptors (Lipinski definition) is 7. The van der Waals surface area contributed by atoms with Crippen molar-refractivity contribution in [1.29, 1.82) is 0 Å². The van der Waals surface area contributed by atoms with Crippen LogP contribution in [0.25, 0.3) is 0 Å². The zero-order chi connectivity index (χ0) is 26.1. The van der Waals surface area contributed by atoms with Gasteiger partial charge >= 0.3 is 12.1 Å². The van der Waals surface area contributed by atoms with Crippen molar-refractivity contribution in [2.24, 2.45) is 17.8 Å². The Morgan fingerprint density at radius 2 is 1.70 bits per heavy atom. The highest BCUT2D eigenvalue weighted by Crippen LogP contribution is 2.65. The minimum absolute atomic E-state index is 0.177. The molecule has 6 aliphatic rings. The third kappa shape index (κ3) is 4.66. The first-order valence-corrected chi connectivity index (χ1v) is 13.8. The number of nitrogens with one attached hydrogen (secondary N) is 1. The predicted molar refractivity (Wildman–Crippen MR) is 133 cm³/mol. The number of carbonyl (C=O) groups is 2. The average molecular weight is 514 g/mol. The third-order valence-corrected chi connectivity index (χ3v) is 9.04. The molecule has 1 heterocycles. The van der Waals surface area contributed by atoms with E-state index in [0.717, 1.165) is 57.8 Å². The molecule has 1 aliphatic heterocycles. The molecular formula is C29H39NO7. The second kappa shape index (κ2) is 8.68. The first kappa shape index (κ1) is 25.1. The minimum Gasteiger partial charge on any atom is -0.444 e. The number of ether oxygens (including phenoxy) is 3. The van der Waals surface area contributed by atoms with Crippen LogP contribution in [0.3, 0.4) is 0 Å². The summed E-state index contributed by atoms with van der Waals surface area (Å²) in [7, 11) is 0. The zero-order valence-electron chi connectivity index (χ0n) is 22.3. The molecule has 7 rings (SSSR count).